The fraction of sp³-hybridized carbons (Fsp3) is 0.438. The Labute approximate surface area is 124 Å². The van der Waals surface area contributed by atoms with E-state index >= 15 is 0 Å². The minimum atomic E-state index is -0.343. The highest BCUT2D eigenvalue weighted by Gasteiger charge is 2.22. The Bertz CT molecular complexity index is 584. The topological polar surface area (TPSA) is 48.1 Å². The molecule has 0 bridgehead atoms. The maximum atomic E-state index is 6.21. The number of nitrogens with two attached hydrogens (primary N) is 1. The lowest BCUT2D eigenvalue weighted by molar-refractivity contribution is 0.303. The SMILES string of the molecule is CCc1nc(COc2ccccc2C)sc1C(C)(C)N. The van der Waals surface area contributed by atoms with E-state index in [-0.39, 0.29) is 5.54 Å². The molecule has 4 heteroatoms. The van der Waals surface area contributed by atoms with Crippen LogP contribution in [0.3, 0.4) is 0 Å². The Kier molecular flexibility index (Phi) is 4.45. The van der Waals surface area contributed by atoms with E-state index in [1.165, 1.54) is 0 Å². The van der Waals surface area contributed by atoms with Crippen molar-refractivity contribution >= 4 is 11.3 Å². The Morgan fingerprint density at radius 2 is 2.00 bits per heavy atom. The second-order valence-electron chi connectivity index (χ2n) is 5.51. The number of nitrogens with zero attached hydrogens (tertiary/aromatic N) is 1. The Balaban J connectivity index is 2.15. The van der Waals surface area contributed by atoms with Crippen molar-refractivity contribution in [3.05, 3.63) is 45.4 Å². The van der Waals surface area contributed by atoms with Crippen molar-refractivity contribution < 1.29 is 4.74 Å². The molecule has 2 aromatic rings. The van der Waals surface area contributed by atoms with Crippen molar-refractivity contribution in [2.75, 3.05) is 0 Å². The summed E-state index contributed by atoms with van der Waals surface area (Å²) in [6.07, 6.45) is 0.900. The summed E-state index contributed by atoms with van der Waals surface area (Å²) in [5, 5.41) is 0.985. The van der Waals surface area contributed by atoms with Crippen LogP contribution in [0.4, 0.5) is 0 Å². The molecule has 0 saturated heterocycles. The first kappa shape index (κ1) is 15.0. The quantitative estimate of drug-likeness (QED) is 0.911. The molecule has 0 atom stereocenters. The van der Waals surface area contributed by atoms with Crippen molar-refractivity contribution in [1.82, 2.24) is 4.98 Å². The molecular weight excluding hydrogens is 268 g/mol. The highest BCUT2D eigenvalue weighted by molar-refractivity contribution is 7.11. The van der Waals surface area contributed by atoms with E-state index in [1.54, 1.807) is 11.3 Å². The van der Waals surface area contributed by atoms with Crippen LogP contribution in [0.25, 0.3) is 0 Å². The second-order valence-corrected chi connectivity index (χ2v) is 6.60. The van der Waals surface area contributed by atoms with Crippen LogP contribution in [0.2, 0.25) is 0 Å². The van der Waals surface area contributed by atoms with Gasteiger partial charge in [-0.3, -0.25) is 0 Å². The summed E-state index contributed by atoms with van der Waals surface area (Å²) in [6, 6.07) is 8.02. The Hall–Kier alpha value is -1.39. The molecule has 3 nitrogen and oxygen atoms in total. The molecule has 0 unspecified atom stereocenters. The number of hydrogen-bond acceptors (Lipinski definition) is 4. The van der Waals surface area contributed by atoms with Crippen molar-refractivity contribution in [2.24, 2.45) is 5.73 Å². The first-order valence-corrected chi connectivity index (χ1v) is 7.69. The summed E-state index contributed by atoms with van der Waals surface area (Å²) < 4.78 is 5.86. The zero-order valence-electron chi connectivity index (χ0n) is 12.6. The normalized spacial score (nSPS) is 11.7. The molecule has 0 radical (unpaired) electrons. The smallest absolute Gasteiger partial charge is 0.140 e. The minimum absolute atomic E-state index is 0.343. The van der Waals surface area contributed by atoms with E-state index < -0.39 is 0 Å². The molecule has 108 valence electrons. The number of rotatable bonds is 5. The largest absolute Gasteiger partial charge is 0.486 e. The van der Waals surface area contributed by atoms with Gasteiger partial charge in [0.05, 0.1) is 5.69 Å². The van der Waals surface area contributed by atoms with Crippen LogP contribution in [0, 0.1) is 6.92 Å². The average molecular weight is 290 g/mol. The lowest BCUT2D eigenvalue weighted by Gasteiger charge is -2.17. The van der Waals surface area contributed by atoms with Gasteiger partial charge in [0.1, 0.15) is 17.4 Å². The fourth-order valence-electron chi connectivity index (χ4n) is 2.06. The summed E-state index contributed by atoms with van der Waals surface area (Å²) in [4.78, 5) is 5.81. The molecule has 0 aliphatic carbocycles. The number of hydrogen-bond donors (Lipinski definition) is 1. The van der Waals surface area contributed by atoms with Gasteiger partial charge in [-0.25, -0.2) is 4.98 Å². The molecule has 1 aromatic heterocycles. The van der Waals surface area contributed by atoms with Gasteiger partial charge in [-0.05, 0) is 38.8 Å². The van der Waals surface area contributed by atoms with Crippen molar-refractivity contribution in [1.29, 1.82) is 0 Å². The number of thiazole rings is 1. The third kappa shape index (κ3) is 3.38. The van der Waals surface area contributed by atoms with Crippen molar-refractivity contribution in [2.45, 2.75) is 46.3 Å². The van der Waals surface area contributed by atoms with Gasteiger partial charge in [0.15, 0.2) is 0 Å². The van der Waals surface area contributed by atoms with Gasteiger partial charge in [-0.15, -0.1) is 11.3 Å². The van der Waals surface area contributed by atoms with Gasteiger partial charge in [-0.2, -0.15) is 0 Å². The highest BCUT2D eigenvalue weighted by Crippen LogP contribution is 2.29. The maximum Gasteiger partial charge on any atom is 0.140 e. The number of benzene rings is 1. The molecule has 20 heavy (non-hydrogen) atoms. The van der Waals surface area contributed by atoms with Crippen LogP contribution >= 0.6 is 11.3 Å². The van der Waals surface area contributed by atoms with E-state index in [1.807, 2.05) is 45.0 Å². The molecule has 1 heterocycles. The van der Waals surface area contributed by atoms with E-state index in [2.05, 4.69) is 11.9 Å². The first-order valence-electron chi connectivity index (χ1n) is 6.88. The first-order chi connectivity index (χ1) is 9.41. The van der Waals surface area contributed by atoms with Gasteiger partial charge in [0.2, 0.25) is 0 Å². The molecule has 0 aliphatic heterocycles. The number of para-hydroxylation sites is 1. The molecule has 0 amide bonds. The minimum Gasteiger partial charge on any atom is -0.486 e. The second kappa shape index (κ2) is 5.94. The Morgan fingerprint density at radius 3 is 2.55 bits per heavy atom. The van der Waals surface area contributed by atoms with Gasteiger partial charge < -0.3 is 10.5 Å². The van der Waals surface area contributed by atoms with Gasteiger partial charge in [-0.1, -0.05) is 25.1 Å². The molecule has 0 aliphatic rings. The number of aryl methyl sites for hydroxylation is 2. The van der Waals surface area contributed by atoms with E-state index in [4.69, 9.17) is 10.5 Å². The Morgan fingerprint density at radius 1 is 1.30 bits per heavy atom. The molecule has 2 N–H and O–H groups in total. The molecule has 0 fully saturated rings. The zero-order valence-corrected chi connectivity index (χ0v) is 13.4. The summed E-state index contributed by atoms with van der Waals surface area (Å²) in [6.45, 7) is 8.69. The zero-order chi connectivity index (χ0) is 14.8. The molecule has 2 rings (SSSR count). The van der Waals surface area contributed by atoms with Gasteiger partial charge in [0.25, 0.3) is 0 Å². The highest BCUT2D eigenvalue weighted by atomic mass is 32.1. The maximum absolute atomic E-state index is 6.21. The van der Waals surface area contributed by atoms with Crippen LogP contribution < -0.4 is 10.5 Å². The summed E-state index contributed by atoms with van der Waals surface area (Å²) in [7, 11) is 0. The lowest BCUT2D eigenvalue weighted by Crippen LogP contribution is -2.28. The summed E-state index contributed by atoms with van der Waals surface area (Å²) in [5.74, 6) is 0.911. The van der Waals surface area contributed by atoms with Gasteiger partial charge in [0, 0.05) is 10.4 Å². The average Bonchev–Trinajstić information content (AvgIpc) is 2.81. The van der Waals surface area contributed by atoms with E-state index in [9.17, 15) is 0 Å². The predicted octanol–water partition coefficient (Wildman–Crippen LogP) is 3.79. The standard InChI is InChI=1S/C16H22N2OS/c1-5-12-15(16(3,4)17)20-14(18-12)10-19-13-9-7-6-8-11(13)2/h6-9H,5,10,17H2,1-4H3. The van der Waals surface area contributed by atoms with Crippen LogP contribution in [-0.4, -0.2) is 4.98 Å². The molecule has 0 spiro atoms. The van der Waals surface area contributed by atoms with Gasteiger partial charge >= 0.3 is 0 Å². The van der Waals surface area contributed by atoms with E-state index in [0.29, 0.717) is 6.61 Å². The van der Waals surface area contributed by atoms with Crippen LogP contribution in [0.15, 0.2) is 24.3 Å². The van der Waals surface area contributed by atoms with Crippen LogP contribution in [-0.2, 0) is 18.6 Å². The van der Waals surface area contributed by atoms with Crippen LogP contribution in [0.1, 0.15) is 41.9 Å². The molecule has 0 saturated carbocycles. The third-order valence-corrected chi connectivity index (χ3v) is 4.52. The number of aromatic nitrogens is 1. The number of ether oxygens (including phenoxy) is 1. The molecule has 1 aromatic carbocycles. The van der Waals surface area contributed by atoms with Crippen molar-refractivity contribution in [3.8, 4) is 5.75 Å². The monoisotopic (exact) mass is 290 g/mol. The fourth-order valence-corrected chi connectivity index (χ4v) is 3.14. The predicted molar refractivity (Wildman–Crippen MR) is 84.2 cm³/mol. The van der Waals surface area contributed by atoms with Crippen LogP contribution in [0.5, 0.6) is 5.75 Å². The third-order valence-electron chi connectivity index (χ3n) is 3.11. The molecular formula is C16H22N2OS. The lowest BCUT2D eigenvalue weighted by atomic mass is 10.0. The summed E-state index contributed by atoms with van der Waals surface area (Å²) in [5.41, 5.74) is 8.09. The van der Waals surface area contributed by atoms with E-state index in [0.717, 1.165) is 33.3 Å². The van der Waals surface area contributed by atoms with Crippen molar-refractivity contribution in [3.63, 3.8) is 0 Å². The summed E-state index contributed by atoms with van der Waals surface area (Å²) >= 11 is 1.66.